The van der Waals surface area contributed by atoms with Crippen LogP contribution in [0.4, 0.5) is 5.82 Å². The molecule has 0 bridgehead atoms. The summed E-state index contributed by atoms with van der Waals surface area (Å²) >= 11 is 0. The highest BCUT2D eigenvalue weighted by Gasteiger charge is 2.12. The van der Waals surface area contributed by atoms with Gasteiger partial charge in [-0.05, 0) is 45.0 Å². The van der Waals surface area contributed by atoms with Crippen molar-refractivity contribution in [2.45, 2.75) is 26.8 Å². The van der Waals surface area contributed by atoms with Gasteiger partial charge in [-0.3, -0.25) is 0 Å². The first-order valence-electron chi connectivity index (χ1n) is 7.22. The van der Waals surface area contributed by atoms with Crippen LogP contribution in [0.25, 0.3) is 17.2 Å². The van der Waals surface area contributed by atoms with Crippen molar-refractivity contribution < 1.29 is 4.74 Å². The minimum Gasteiger partial charge on any atom is -0.497 e. The molecule has 6 nitrogen and oxygen atoms in total. The maximum Gasteiger partial charge on any atom is 0.254 e. The summed E-state index contributed by atoms with van der Waals surface area (Å²) in [5.74, 6) is 2.94. The van der Waals surface area contributed by atoms with Gasteiger partial charge in [0.15, 0.2) is 5.82 Å². The van der Waals surface area contributed by atoms with Crippen molar-refractivity contribution in [3.8, 4) is 17.1 Å². The second-order valence-electron chi connectivity index (χ2n) is 5.46. The molecule has 6 heteroatoms. The lowest BCUT2D eigenvalue weighted by atomic mass is 10.2. The molecule has 2 heterocycles. The predicted molar refractivity (Wildman–Crippen MR) is 86.3 cm³/mol. The zero-order chi connectivity index (χ0) is 15.7. The van der Waals surface area contributed by atoms with Gasteiger partial charge in [0.2, 0.25) is 0 Å². The van der Waals surface area contributed by atoms with E-state index >= 15 is 0 Å². The number of rotatable bonds is 4. The first-order chi connectivity index (χ1) is 10.6. The summed E-state index contributed by atoms with van der Waals surface area (Å²) in [6, 6.07) is 9.95. The summed E-state index contributed by atoms with van der Waals surface area (Å²) < 4.78 is 6.92. The van der Waals surface area contributed by atoms with Gasteiger partial charge in [-0.15, -0.1) is 5.10 Å². The minimum atomic E-state index is 0.304. The SMILES string of the molecule is COc1ccc(-c2nc3nc(C)cc(NC(C)C)n3n2)cc1. The van der Waals surface area contributed by atoms with Crippen LogP contribution < -0.4 is 10.1 Å². The molecule has 0 aliphatic carbocycles. The number of hydrogen-bond donors (Lipinski definition) is 1. The van der Waals surface area contributed by atoms with Gasteiger partial charge in [-0.1, -0.05) is 0 Å². The summed E-state index contributed by atoms with van der Waals surface area (Å²) in [6.07, 6.45) is 0. The van der Waals surface area contributed by atoms with Crippen molar-refractivity contribution in [1.29, 1.82) is 0 Å². The quantitative estimate of drug-likeness (QED) is 0.802. The zero-order valence-electron chi connectivity index (χ0n) is 13.2. The molecule has 0 saturated heterocycles. The molecule has 0 aliphatic rings. The van der Waals surface area contributed by atoms with Crippen molar-refractivity contribution in [3.05, 3.63) is 36.0 Å². The van der Waals surface area contributed by atoms with Gasteiger partial charge in [0.25, 0.3) is 5.78 Å². The van der Waals surface area contributed by atoms with Gasteiger partial charge in [0.1, 0.15) is 11.6 Å². The van der Waals surface area contributed by atoms with Crippen LogP contribution >= 0.6 is 0 Å². The van der Waals surface area contributed by atoms with Crippen LogP contribution in [0.5, 0.6) is 5.75 Å². The van der Waals surface area contributed by atoms with E-state index in [0.717, 1.165) is 22.8 Å². The second kappa shape index (κ2) is 5.63. The number of nitrogens with zero attached hydrogens (tertiary/aromatic N) is 4. The van der Waals surface area contributed by atoms with Crippen LogP contribution in [0.15, 0.2) is 30.3 Å². The van der Waals surface area contributed by atoms with Crippen LogP contribution in [-0.4, -0.2) is 32.7 Å². The molecule has 0 radical (unpaired) electrons. The van der Waals surface area contributed by atoms with E-state index in [1.807, 2.05) is 37.3 Å². The molecule has 3 aromatic rings. The third-order valence-corrected chi connectivity index (χ3v) is 3.22. The van der Waals surface area contributed by atoms with Crippen molar-refractivity contribution in [2.24, 2.45) is 0 Å². The summed E-state index contributed by atoms with van der Waals surface area (Å²) in [7, 11) is 1.65. The van der Waals surface area contributed by atoms with Gasteiger partial charge < -0.3 is 10.1 Å². The molecule has 1 N–H and O–H groups in total. The molecule has 0 spiro atoms. The molecular weight excluding hydrogens is 278 g/mol. The number of methoxy groups -OCH3 is 1. The number of aromatic nitrogens is 4. The average molecular weight is 297 g/mol. The summed E-state index contributed by atoms with van der Waals surface area (Å²) in [4.78, 5) is 8.98. The Kier molecular flexibility index (Phi) is 3.66. The van der Waals surface area contributed by atoms with Gasteiger partial charge in [0.05, 0.1) is 7.11 Å². The first kappa shape index (κ1) is 14.3. The highest BCUT2D eigenvalue weighted by atomic mass is 16.5. The summed E-state index contributed by atoms with van der Waals surface area (Å²) in [6.45, 7) is 6.12. The lowest BCUT2D eigenvalue weighted by Crippen LogP contribution is -2.14. The third kappa shape index (κ3) is 2.72. The lowest BCUT2D eigenvalue weighted by Gasteiger charge is -2.11. The van der Waals surface area contributed by atoms with Gasteiger partial charge in [0, 0.05) is 23.4 Å². The van der Waals surface area contributed by atoms with Gasteiger partial charge in [-0.25, -0.2) is 4.98 Å². The molecule has 0 unspecified atom stereocenters. The van der Waals surface area contributed by atoms with Gasteiger partial charge in [-0.2, -0.15) is 9.50 Å². The lowest BCUT2D eigenvalue weighted by molar-refractivity contribution is 0.415. The van der Waals surface area contributed by atoms with Crippen LogP contribution in [0.1, 0.15) is 19.5 Å². The van der Waals surface area contributed by atoms with E-state index in [0.29, 0.717) is 17.6 Å². The van der Waals surface area contributed by atoms with E-state index < -0.39 is 0 Å². The molecule has 2 aromatic heterocycles. The number of fused-ring (bicyclic) bond motifs is 1. The molecule has 0 atom stereocenters. The maximum atomic E-state index is 5.17. The molecule has 0 saturated carbocycles. The summed E-state index contributed by atoms with van der Waals surface area (Å²) in [5.41, 5.74) is 1.84. The van der Waals surface area contributed by atoms with Crippen LogP contribution in [0, 0.1) is 6.92 Å². The first-order valence-corrected chi connectivity index (χ1v) is 7.22. The van der Waals surface area contributed by atoms with E-state index in [4.69, 9.17) is 4.74 Å². The average Bonchev–Trinajstić information content (AvgIpc) is 2.90. The van der Waals surface area contributed by atoms with Crippen molar-refractivity contribution >= 4 is 11.6 Å². The molecule has 0 fully saturated rings. The second-order valence-corrected chi connectivity index (χ2v) is 5.46. The molecule has 1 aromatic carbocycles. The minimum absolute atomic E-state index is 0.304. The Morgan fingerprint density at radius 2 is 1.86 bits per heavy atom. The molecule has 0 amide bonds. The Morgan fingerprint density at radius 3 is 2.50 bits per heavy atom. The maximum absolute atomic E-state index is 5.17. The standard InChI is InChI=1S/C16H19N5O/c1-10(2)17-14-9-11(3)18-16-19-15(20-21(14)16)12-5-7-13(22-4)8-6-12/h5-10,17H,1-4H3. The van der Waals surface area contributed by atoms with Crippen molar-refractivity contribution in [2.75, 3.05) is 12.4 Å². The monoisotopic (exact) mass is 297 g/mol. The van der Waals surface area contributed by atoms with E-state index in [1.54, 1.807) is 11.6 Å². The zero-order valence-corrected chi connectivity index (χ0v) is 13.2. The molecule has 114 valence electrons. The molecular formula is C16H19N5O. The fourth-order valence-corrected chi connectivity index (χ4v) is 2.25. The van der Waals surface area contributed by atoms with Crippen LogP contribution in [0.3, 0.4) is 0 Å². The van der Waals surface area contributed by atoms with Crippen LogP contribution in [0.2, 0.25) is 0 Å². The Labute approximate surface area is 129 Å². The Morgan fingerprint density at radius 1 is 1.14 bits per heavy atom. The molecule has 22 heavy (non-hydrogen) atoms. The number of hydrogen-bond acceptors (Lipinski definition) is 5. The number of benzene rings is 1. The van der Waals surface area contributed by atoms with Crippen molar-refractivity contribution in [3.63, 3.8) is 0 Å². The van der Waals surface area contributed by atoms with Gasteiger partial charge >= 0.3 is 0 Å². The molecule has 0 aliphatic heterocycles. The fraction of sp³-hybridized carbons (Fsp3) is 0.312. The number of ether oxygens (including phenoxy) is 1. The van der Waals surface area contributed by atoms with E-state index in [-0.39, 0.29) is 0 Å². The van der Waals surface area contributed by atoms with E-state index in [2.05, 4.69) is 34.2 Å². The van der Waals surface area contributed by atoms with E-state index in [9.17, 15) is 0 Å². The van der Waals surface area contributed by atoms with E-state index in [1.165, 1.54) is 0 Å². The molecule has 3 rings (SSSR count). The van der Waals surface area contributed by atoms with Crippen LogP contribution in [-0.2, 0) is 0 Å². The Hall–Kier alpha value is -2.63. The predicted octanol–water partition coefficient (Wildman–Crippen LogP) is 2.93. The highest BCUT2D eigenvalue weighted by Crippen LogP contribution is 2.21. The third-order valence-electron chi connectivity index (χ3n) is 3.22. The number of aryl methyl sites for hydroxylation is 1. The Balaban J connectivity index is 2.08. The van der Waals surface area contributed by atoms with Crippen molar-refractivity contribution in [1.82, 2.24) is 19.6 Å². The normalized spacial score (nSPS) is 11.1. The summed E-state index contributed by atoms with van der Waals surface area (Å²) in [5, 5.41) is 7.94. The largest absolute Gasteiger partial charge is 0.497 e. The fourth-order valence-electron chi connectivity index (χ4n) is 2.25. The highest BCUT2D eigenvalue weighted by molar-refractivity contribution is 5.59. The number of anilines is 1. The number of nitrogens with one attached hydrogen (secondary N) is 1. The smallest absolute Gasteiger partial charge is 0.254 e. The Bertz CT molecular complexity index is 792. The topological polar surface area (TPSA) is 64.3 Å².